The fourth-order valence-electron chi connectivity index (χ4n) is 3.36. The van der Waals surface area contributed by atoms with Crippen molar-refractivity contribution in [2.24, 2.45) is 5.73 Å². The van der Waals surface area contributed by atoms with Gasteiger partial charge in [-0.25, -0.2) is 9.59 Å². The fourth-order valence-corrected chi connectivity index (χ4v) is 5.56. The van der Waals surface area contributed by atoms with E-state index in [-0.39, 0.29) is 23.6 Å². The van der Waals surface area contributed by atoms with Gasteiger partial charge in [0.2, 0.25) is 0 Å². The van der Waals surface area contributed by atoms with Crippen LogP contribution in [0.5, 0.6) is 0 Å². The Bertz CT molecular complexity index is 995. The number of rotatable bonds is 8. The number of esters is 1. The van der Waals surface area contributed by atoms with E-state index in [1.54, 1.807) is 17.5 Å². The van der Waals surface area contributed by atoms with Crippen LogP contribution in [0, 0.1) is 0 Å². The molecule has 5 N–H and O–H groups in total. The summed E-state index contributed by atoms with van der Waals surface area (Å²) in [5.74, 6) is -3.42. The van der Waals surface area contributed by atoms with Gasteiger partial charge < -0.3 is 30.9 Å². The molecule has 0 saturated carbocycles. The van der Waals surface area contributed by atoms with E-state index >= 15 is 0 Å². The van der Waals surface area contributed by atoms with Gasteiger partial charge in [-0.1, -0.05) is 6.07 Å². The van der Waals surface area contributed by atoms with Gasteiger partial charge in [-0.15, -0.1) is 23.1 Å². The summed E-state index contributed by atoms with van der Waals surface area (Å²) in [6.45, 7) is 0.903. The molecule has 2 unspecified atom stereocenters. The minimum absolute atomic E-state index is 0.123. The maximum atomic E-state index is 13.1. The molecule has 0 aliphatic carbocycles. The Labute approximate surface area is 190 Å². The lowest BCUT2D eigenvalue weighted by molar-refractivity contribution is -0.193. The number of carboxylic acids is 1. The van der Waals surface area contributed by atoms with Crippen molar-refractivity contribution in [2.45, 2.75) is 24.1 Å². The van der Waals surface area contributed by atoms with Gasteiger partial charge in [0.1, 0.15) is 23.7 Å². The average molecular weight is 485 g/mol. The number of thioether (sulfide) groups is 1. The van der Waals surface area contributed by atoms with E-state index in [1.807, 2.05) is 0 Å². The Morgan fingerprint density at radius 2 is 2.12 bits per heavy atom. The molecule has 1 fully saturated rings. The van der Waals surface area contributed by atoms with Crippen molar-refractivity contribution in [3.63, 3.8) is 0 Å². The number of hydrogen-bond donors (Lipinski definition) is 4. The van der Waals surface area contributed by atoms with Crippen molar-refractivity contribution >= 4 is 52.9 Å². The van der Waals surface area contributed by atoms with Gasteiger partial charge in [-0.2, -0.15) is 0 Å². The quantitative estimate of drug-likeness (QED) is 0.220. The number of ether oxygens (including phenoxy) is 2. The molecule has 12 nitrogen and oxygen atoms in total. The first kappa shape index (κ1) is 23.6. The molecule has 172 valence electrons. The predicted octanol–water partition coefficient (Wildman–Crippen LogP) is -0.267. The van der Waals surface area contributed by atoms with Gasteiger partial charge >= 0.3 is 18.0 Å². The van der Waals surface area contributed by atoms with E-state index in [1.165, 1.54) is 25.4 Å². The number of carboxylic acid groups (broad SMARTS) is 1. The number of nitrogens with zero attached hydrogens (tertiary/aromatic N) is 1. The number of carbonyl (C=O) groups excluding carboxylic acids is 4. The predicted molar refractivity (Wildman–Crippen MR) is 112 cm³/mol. The monoisotopic (exact) mass is 484 g/mol. The third kappa shape index (κ3) is 4.16. The molecule has 3 rings (SSSR count). The molecule has 2 aliphatic rings. The number of primary amides is 1. The van der Waals surface area contributed by atoms with Crippen LogP contribution in [0.2, 0.25) is 0 Å². The second kappa shape index (κ2) is 9.18. The van der Waals surface area contributed by atoms with Crippen LogP contribution >= 0.6 is 23.1 Å². The number of hydrogen-bond acceptors (Lipinski definition) is 9. The molecule has 0 aromatic carbocycles. The standard InChI is InChI=1S/C18H20N4O8S2/c1-8(23)30-6-9-7-32-16-18(29-2,15(27)22(16)12(9)14(25)26)21-13(24)11(20-17(19)28)10-4-3-5-31-10/h3-5,11,16H,6-7H2,1-2H3,(H,21,24)(H,25,26)(H3,19,20,28)/t11?,16?,18-/m0/s1. The Balaban J connectivity index is 1.87. The highest BCUT2D eigenvalue weighted by Crippen LogP contribution is 2.46. The Morgan fingerprint density at radius 3 is 2.66 bits per heavy atom. The molecule has 4 amide bonds. The molecule has 0 bridgehead atoms. The second-order valence-electron chi connectivity index (χ2n) is 6.76. The number of fused-ring (bicyclic) bond motifs is 1. The van der Waals surface area contributed by atoms with E-state index in [0.29, 0.717) is 4.88 Å². The normalized spacial score (nSPS) is 23.0. The number of urea groups is 1. The van der Waals surface area contributed by atoms with Crippen LogP contribution < -0.4 is 16.4 Å². The third-order valence-corrected chi connectivity index (χ3v) is 7.08. The van der Waals surface area contributed by atoms with Crippen LogP contribution in [-0.4, -0.2) is 70.4 Å². The van der Waals surface area contributed by atoms with Crippen molar-refractivity contribution in [3.05, 3.63) is 33.7 Å². The lowest BCUT2D eigenvalue weighted by Crippen LogP contribution is -2.81. The summed E-state index contributed by atoms with van der Waals surface area (Å²) in [7, 11) is 1.20. The number of β-lactam (4-membered cyclic amide) rings is 1. The summed E-state index contributed by atoms with van der Waals surface area (Å²) >= 11 is 2.34. The first-order chi connectivity index (χ1) is 15.1. The average Bonchev–Trinajstić information content (AvgIpc) is 3.27. The zero-order valence-electron chi connectivity index (χ0n) is 16.9. The Morgan fingerprint density at radius 1 is 1.41 bits per heavy atom. The lowest BCUT2D eigenvalue weighted by atomic mass is 9.97. The molecule has 14 heteroatoms. The topological polar surface area (TPSA) is 177 Å². The number of carbonyl (C=O) groups is 5. The third-order valence-electron chi connectivity index (χ3n) is 4.77. The second-order valence-corrected chi connectivity index (χ2v) is 8.81. The molecule has 3 atom stereocenters. The van der Waals surface area contributed by atoms with Crippen LogP contribution in [-0.2, 0) is 28.7 Å². The van der Waals surface area contributed by atoms with E-state index in [0.717, 1.165) is 16.7 Å². The smallest absolute Gasteiger partial charge is 0.352 e. The highest BCUT2D eigenvalue weighted by molar-refractivity contribution is 8.00. The van der Waals surface area contributed by atoms with Crippen molar-refractivity contribution in [1.82, 2.24) is 15.5 Å². The number of nitrogens with two attached hydrogens (primary N) is 1. The maximum Gasteiger partial charge on any atom is 0.352 e. The SMILES string of the molecule is CO[C@@]1(NC(=O)C(NC(N)=O)c2cccs2)C(=O)N2C(C(=O)O)=C(COC(C)=O)CSC21. The van der Waals surface area contributed by atoms with Gasteiger partial charge in [0.25, 0.3) is 17.5 Å². The summed E-state index contributed by atoms with van der Waals surface area (Å²) in [6, 6.07) is 1.17. The molecular weight excluding hydrogens is 464 g/mol. The number of thiophene rings is 1. The minimum atomic E-state index is -1.86. The largest absolute Gasteiger partial charge is 0.477 e. The molecule has 1 aromatic heterocycles. The van der Waals surface area contributed by atoms with Crippen molar-refractivity contribution in [3.8, 4) is 0 Å². The number of methoxy groups -OCH3 is 1. The number of amides is 4. The number of aliphatic carboxylic acids is 1. The highest BCUT2D eigenvalue weighted by Gasteiger charge is 2.67. The van der Waals surface area contributed by atoms with Gasteiger partial charge in [0.15, 0.2) is 0 Å². The van der Waals surface area contributed by atoms with Crippen molar-refractivity contribution in [2.75, 3.05) is 19.5 Å². The summed E-state index contributed by atoms with van der Waals surface area (Å²) in [6.07, 6.45) is 0. The first-order valence-corrected chi connectivity index (χ1v) is 11.1. The van der Waals surface area contributed by atoms with Crippen LogP contribution in [0.1, 0.15) is 17.8 Å². The summed E-state index contributed by atoms with van der Waals surface area (Å²) in [5.41, 5.74) is 3.24. The first-order valence-electron chi connectivity index (χ1n) is 9.12. The minimum Gasteiger partial charge on any atom is -0.477 e. The summed E-state index contributed by atoms with van der Waals surface area (Å²) in [5, 5.41) is 15.3. The van der Waals surface area contributed by atoms with Gasteiger partial charge in [0.05, 0.1) is 0 Å². The zero-order chi connectivity index (χ0) is 23.6. The molecular formula is C18H20N4O8S2. The lowest BCUT2D eigenvalue weighted by Gasteiger charge is -2.55. The van der Waals surface area contributed by atoms with Crippen LogP contribution in [0.15, 0.2) is 28.8 Å². The Hall–Kier alpha value is -3.10. The summed E-state index contributed by atoms with van der Waals surface area (Å²) < 4.78 is 10.3. The molecule has 0 spiro atoms. The van der Waals surface area contributed by atoms with E-state index in [4.69, 9.17) is 15.2 Å². The maximum absolute atomic E-state index is 13.1. The van der Waals surface area contributed by atoms with Crippen LogP contribution in [0.25, 0.3) is 0 Å². The van der Waals surface area contributed by atoms with Gasteiger partial charge in [-0.05, 0) is 11.4 Å². The summed E-state index contributed by atoms with van der Waals surface area (Å²) in [4.78, 5) is 61.9. The van der Waals surface area contributed by atoms with E-state index < -0.39 is 46.9 Å². The number of nitrogens with one attached hydrogen (secondary N) is 2. The molecule has 3 heterocycles. The van der Waals surface area contributed by atoms with Gasteiger partial charge in [-0.3, -0.25) is 19.3 Å². The zero-order valence-corrected chi connectivity index (χ0v) is 18.6. The van der Waals surface area contributed by atoms with Crippen LogP contribution in [0.3, 0.4) is 0 Å². The molecule has 1 aromatic rings. The molecule has 0 radical (unpaired) electrons. The molecule has 2 aliphatic heterocycles. The molecule has 32 heavy (non-hydrogen) atoms. The van der Waals surface area contributed by atoms with Crippen molar-refractivity contribution < 1.29 is 38.6 Å². The molecule has 1 saturated heterocycles. The van der Waals surface area contributed by atoms with E-state index in [9.17, 15) is 29.1 Å². The highest BCUT2D eigenvalue weighted by atomic mass is 32.2. The Kier molecular flexibility index (Phi) is 6.76. The van der Waals surface area contributed by atoms with E-state index in [2.05, 4.69) is 10.6 Å². The fraction of sp³-hybridized carbons (Fsp3) is 0.389. The van der Waals surface area contributed by atoms with Crippen LogP contribution in [0.4, 0.5) is 4.79 Å². The van der Waals surface area contributed by atoms with Gasteiger partial charge in [0, 0.05) is 30.2 Å². The van der Waals surface area contributed by atoms with Crippen molar-refractivity contribution in [1.29, 1.82) is 0 Å².